The van der Waals surface area contributed by atoms with Crippen molar-refractivity contribution in [1.29, 1.82) is 0 Å². The van der Waals surface area contributed by atoms with E-state index >= 15 is 0 Å². The van der Waals surface area contributed by atoms with E-state index in [1.807, 2.05) is 9.73 Å². The normalized spacial score (nSPS) is 15.1. The first-order valence-corrected chi connectivity index (χ1v) is 10.1. The number of carbonyl (C=O) groups is 1. The molecule has 0 atom stereocenters. The monoisotopic (exact) mass is 400 g/mol. The van der Waals surface area contributed by atoms with Crippen LogP contribution < -0.4 is 15.2 Å². The molecule has 1 aliphatic rings. The number of carbonyl (C=O) groups excluding carboxylic acids is 1. The van der Waals surface area contributed by atoms with Gasteiger partial charge >= 0.3 is 0 Å². The van der Waals surface area contributed by atoms with Crippen LogP contribution in [0.5, 0.6) is 0 Å². The van der Waals surface area contributed by atoms with Crippen LogP contribution in [-0.4, -0.2) is 45.6 Å². The van der Waals surface area contributed by atoms with Gasteiger partial charge in [0.1, 0.15) is 11.5 Å². The average Bonchev–Trinajstić information content (AvgIpc) is 3.10. The predicted molar refractivity (Wildman–Crippen MR) is 94.1 cm³/mol. The topological polar surface area (TPSA) is 101 Å². The number of hydrogen-bond acceptors (Lipinski definition) is 7. The number of nitrogens with zero attached hydrogens (tertiary/aromatic N) is 2. The van der Waals surface area contributed by atoms with Crippen LogP contribution in [0.2, 0.25) is 0 Å². The molecule has 2 aromatic rings. The van der Waals surface area contributed by atoms with Gasteiger partial charge in [-0.25, -0.2) is 17.8 Å². The number of nitrogens with one attached hydrogen (secondary N) is 2. The van der Waals surface area contributed by atoms with Crippen molar-refractivity contribution in [3.63, 3.8) is 0 Å². The molecular weight excluding hydrogens is 383 g/mol. The number of rotatable bonds is 5. The molecule has 11 heteroatoms. The Morgan fingerprint density at radius 3 is 2.77 bits per heavy atom. The van der Waals surface area contributed by atoms with E-state index in [2.05, 4.69) is 10.4 Å². The van der Waals surface area contributed by atoms with Gasteiger partial charge in [-0.3, -0.25) is 10.2 Å². The summed E-state index contributed by atoms with van der Waals surface area (Å²) >= 11 is 1.30. The predicted octanol–water partition coefficient (Wildman–Crippen LogP) is 1.05. The SMILES string of the molecule is Cc1cc(F)ccc1S(=O)(=O)NNC(=O)c1csc(N2CCOCC2)n1. The Hall–Kier alpha value is -2.08. The number of halogens is 1. The first-order chi connectivity index (χ1) is 12.4. The van der Waals surface area contributed by atoms with Gasteiger partial charge in [0.05, 0.1) is 18.1 Å². The van der Waals surface area contributed by atoms with Gasteiger partial charge in [0.2, 0.25) is 0 Å². The quantitative estimate of drug-likeness (QED) is 0.728. The van der Waals surface area contributed by atoms with Crippen LogP contribution in [-0.2, 0) is 14.8 Å². The molecule has 0 saturated carbocycles. The molecule has 1 aromatic carbocycles. The molecule has 2 heterocycles. The van der Waals surface area contributed by atoms with Crippen molar-refractivity contribution in [3.05, 3.63) is 40.7 Å². The molecule has 8 nitrogen and oxygen atoms in total. The molecule has 26 heavy (non-hydrogen) atoms. The van der Waals surface area contributed by atoms with E-state index in [4.69, 9.17) is 4.74 Å². The standard InChI is InChI=1S/C15H17FN4O4S2/c1-10-8-11(16)2-3-13(10)26(22,23)19-18-14(21)12-9-25-15(17-12)20-4-6-24-7-5-20/h2-3,8-9,19H,4-7H2,1H3,(H,18,21). The fraction of sp³-hybridized carbons (Fsp3) is 0.333. The summed E-state index contributed by atoms with van der Waals surface area (Å²) in [5, 5.41) is 2.23. The van der Waals surface area contributed by atoms with Crippen LogP contribution in [0.4, 0.5) is 9.52 Å². The summed E-state index contributed by atoms with van der Waals surface area (Å²) in [7, 11) is -4.02. The van der Waals surface area contributed by atoms with Crippen LogP contribution >= 0.6 is 11.3 Å². The molecule has 0 radical (unpaired) electrons. The Morgan fingerprint density at radius 1 is 1.35 bits per heavy atom. The lowest BCUT2D eigenvalue weighted by atomic mass is 10.2. The van der Waals surface area contributed by atoms with Crippen molar-refractivity contribution in [2.75, 3.05) is 31.2 Å². The lowest BCUT2D eigenvalue weighted by Gasteiger charge is -2.25. The highest BCUT2D eigenvalue weighted by molar-refractivity contribution is 7.89. The highest BCUT2D eigenvalue weighted by Crippen LogP contribution is 2.21. The first-order valence-electron chi connectivity index (χ1n) is 7.73. The van der Waals surface area contributed by atoms with E-state index < -0.39 is 21.7 Å². The van der Waals surface area contributed by atoms with Gasteiger partial charge in [0.15, 0.2) is 5.13 Å². The van der Waals surface area contributed by atoms with Crippen LogP contribution in [0.25, 0.3) is 0 Å². The Kier molecular flexibility index (Phi) is 5.51. The fourth-order valence-electron chi connectivity index (χ4n) is 2.42. The Labute approximate surface area is 154 Å². The van der Waals surface area contributed by atoms with Crippen molar-refractivity contribution in [2.45, 2.75) is 11.8 Å². The molecule has 2 N–H and O–H groups in total. The Balaban J connectivity index is 1.65. The van der Waals surface area contributed by atoms with E-state index in [0.29, 0.717) is 31.4 Å². The number of ether oxygens (including phenoxy) is 1. The number of sulfonamides is 1. The summed E-state index contributed by atoms with van der Waals surface area (Å²) in [5.74, 6) is -1.22. The summed E-state index contributed by atoms with van der Waals surface area (Å²) in [6.45, 7) is 4.03. The van der Waals surface area contributed by atoms with Gasteiger partial charge in [-0.05, 0) is 30.7 Å². The van der Waals surface area contributed by atoms with E-state index in [-0.39, 0.29) is 16.2 Å². The average molecular weight is 400 g/mol. The number of thiazole rings is 1. The number of hydrazine groups is 1. The van der Waals surface area contributed by atoms with Crippen LogP contribution in [0.3, 0.4) is 0 Å². The van der Waals surface area contributed by atoms with Crippen molar-refractivity contribution in [2.24, 2.45) is 0 Å². The number of amides is 1. The maximum atomic E-state index is 13.1. The maximum absolute atomic E-state index is 13.1. The summed E-state index contributed by atoms with van der Waals surface area (Å²) in [5.41, 5.74) is 2.46. The molecule has 140 valence electrons. The minimum Gasteiger partial charge on any atom is -0.378 e. The third kappa shape index (κ3) is 4.18. The molecule has 0 unspecified atom stereocenters. The molecule has 0 spiro atoms. The molecule has 1 aromatic heterocycles. The van der Waals surface area contributed by atoms with Gasteiger partial charge in [0, 0.05) is 18.5 Å². The number of aryl methyl sites for hydroxylation is 1. The van der Waals surface area contributed by atoms with Crippen LogP contribution in [0.1, 0.15) is 16.1 Å². The first kappa shape index (κ1) is 18.7. The van der Waals surface area contributed by atoms with E-state index in [9.17, 15) is 17.6 Å². The van der Waals surface area contributed by atoms with Gasteiger partial charge < -0.3 is 9.64 Å². The number of benzene rings is 1. The lowest BCUT2D eigenvalue weighted by molar-refractivity contribution is 0.0940. The maximum Gasteiger partial charge on any atom is 0.285 e. The molecule has 0 aliphatic carbocycles. The second-order valence-corrected chi connectivity index (χ2v) is 8.07. The van der Waals surface area contributed by atoms with Crippen molar-refractivity contribution in [3.8, 4) is 0 Å². The molecule has 1 amide bonds. The van der Waals surface area contributed by atoms with E-state index in [1.54, 1.807) is 5.38 Å². The van der Waals surface area contributed by atoms with Gasteiger partial charge in [-0.15, -0.1) is 16.2 Å². The number of morpholine rings is 1. The van der Waals surface area contributed by atoms with Crippen LogP contribution in [0.15, 0.2) is 28.5 Å². The minimum absolute atomic E-state index is 0.106. The van der Waals surface area contributed by atoms with Crippen molar-refractivity contribution >= 4 is 32.4 Å². The molecule has 1 fully saturated rings. The van der Waals surface area contributed by atoms with Crippen molar-refractivity contribution in [1.82, 2.24) is 15.2 Å². The van der Waals surface area contributed by atoms with Crippen LogP contribution in [0, 0.1) is 12.7 Å². The molecule has 3 rings (SSSR count). The smallest absolute Gasteiger partial charge is 0.285 e. The lowest BCUT2D eigenvalue weighted by Crippen LogP contribution is -2.42. The van der Waals surface area contributed by atoms with E-state index in [0.717, 1.165) is 18.2 Å². The van der Waals surface area contributed by atoms with E-state index in [1.165, 1.54) is 18.3 Å². The fourth-order valence-corrected chi connectivity index (χ4v) is 4.34. The van der Waals surface area contributed by atoms with Gasteiger partial charge in [-0.2, -0.15) is 0 Å². The third-order valence-electron chi connectivity index (χ3n) is 3.73. The second kappa shape index (κ2) is 7.66. The molecule has 0 bridgehead atoms. The van der Waals surface area contributed by atoms with Gasteiger partial charge in [-0.1, -0.05) is 0 Å². The molecular formula is C15H17FN4O4S2. The van der Waals surface area contributed by atoms with Crippen molar-refractivity contribution < 1.29 is 22.3 Å². The second-order valence-electron chi connectivity index (χ2n) is 5.58. The third-order valence-corrected chi connectivity index (χ3v) is 6.04. The highest BCUT2D eigenvalue weighted by Gasteiger charge is 2.21. The zero-order valence-corrected chi connectivity index (χ0v) is 15.5. The summed E-state index contributed by atoms with van der Waals surface area (Å²) in [6, 6.07) is 3.28. The molecule has 1 saturated heterocycles. The van der Waals surface area contributed by atoms with Gasteiger partial charge in [0.25, 0.3) is 15.9 Å². The number of anilines is 1. The summed E-state index contributed by atoms with van der Waals surface area (Å²) in [6.07, 6.45) is 0. The largest absolute Gasteiger partial charge is 0.378 e. The Bertz CT molecular complexity index is 910. The Morgan fingerprint density at radius 2 is 2.08 bits per heavy atom. The summed E-state index contributed by atoms with van der Waals surface area (Å²) < 4.78 is 42.9. The highest BCUT2D eigenvalue weighted by atomic mass is 32.2. The number of aromatic nitrogens is 1. The number of hydrogen-bond donors (Lipinski definition) is 2. The minimum atomic E-state index is -4.02. The molecule has 1 aliphatic heterocycles. The zero-order valence-electron chi connectivity index (χ0n) is 13.9. The summed E-state index contributed by atoms with van der Waals surface area (Å²) in [4.78, 5) is 20.3. The zero-order chi connectivity index (χ0) is 18.7.